The highest BCUT2D eigenvalue weighted by molar-refractivity contribution is 7.41. The van der Waals surface area contributed by atoms with Crippen molar-refractivity contribution in [3.8, 4) is 0 Å². The zero-order chi connectivity index (χ0) is 7.49. The zero-order valence-corrected chi connectivity index (χ0v) is 7.52. The molecule has 0 aliphatic heterocycles. The molecule has 0 saturated heterocycles. The smallest absolute Gasteiger partial charge is 0.196 e. The van der Waals surface area contributed by atoms with Crippen LogP contribution in [0.3, 0.4) is 0 Å². The van der Waals surface area contributed by atoms with Crippen LogP contribution in [0.5, 0.6) is 0 Å². The molecule has 0 heterocycles. The molecule has 56 valence electrons. The van der Waals surface area contributed by atoms with Crippen molar-refractivity contribution in [2.75, 3.05) is 6.61 Å². The van der Waals surface area contributed by atoms with Gasteiger partial charge in [-0.25, -0.2) is 0 Å². The van der Waals surface area contributed by atoms with E-state index in [0.29, 0.717) is 6.61 Å². The summed E-state index contributed by atoms with van der Waals surface area (Å²) in [5.41, 5.74) is 0. The molecule has 0 amide bonds. The number of hydrogen-bond donors (Lipinski definition) is 0. The van der Waals surface area contributed by atoms with Crippen LogP contribution >= 0.6 is 8.03 Å². The lowest BCUT2D eigenvalue weighted by Crippen LogP contribution is -2.08. The summed E-state index contributed by atoms with van der Waals surface area (Å²) in [5, 5.41) is -0.166. The molecule has 0 aromatic rings. The molecular weight excluding hydrogens is 135 g/mol. The van der Waals surface area contributed by atoms with E-state index in [2.05, 4.69) is 0 Å². The van der Waals surface area contributed by atoms with Gasteiger partial charge in [-0.2, -0.15) is 0 Å². The van der Waals surface area contributed by atoms with E-state index in [1.54, 1.807) is 0 Å². The van der Waals surface area contributed by atoms with E-state index >= 15 is 0 Å². The Labute approximate surface area is 57.5 Å². The third kappa shape index (κ3) is 3.72. The molecule has 9 heavy (non-hydrogen) atoms. The molecule has 0 saturated carbocycles. The van der Waals surface area contributed by atoms with Crippen molar-refractivity contribution >= 4 is 8.03 Å². The Morgan fingerprint density at radius 2 is 1.89 bits per heavy atom. The molecule has 0 aliphatic rings. The van der Waals surface area contributed by atoms with E-state index in [1.165, 1.54) is 0 Å². The van der Waals surface area contributed by atoms with Crippen molar-refractivity contribution in [2.24, 2.45) is 0 Å². The van der Waals surface area contributed by atoms with Crippen LogP contribution in [0.2, 0.25) is 0 Å². The average Bonchev–Trinajstić information content (AvgIpc) is 1.64. The van der Waals surface area contributed by atoms with Crippen LogP contribution in [0.4, 0.5) is 0 Å². The fourth-order valence-corrected chi connectivity index (χ4v) is 1.04. The molecule has 0 fully saturated rings. The van der Waals surface area contributed by atoms with Gasteiger partial charge in [-0.15, -0.1) is 0 Å². The van der Waals surface area contributed by atoms with Gasteiger partial charge >= 0.3 is 0 Å². The summed E-state index contributed by atoms with van der Waals surface area (Å²) in [6.45, 7) is 8.17. The largest absolute Gasteiger partial charge is 0.330 e. The molecule has 0 N–H and O–H groups in total. The predicted molar refractivity (Wildman–Crippen MR) is 40.4 cm³/mol. The van der Waals surface area contributed by atoms with Crippen molar-refractivity contribution in [1.29, 1.82) is 0 Å². The minimum Gasteiger partial charge on any atom is -0.330 e. The third-order valence-electron chi connectivity index (χ3n) is 0.888. The molecule has 3 heteroatoms. The fraction of sp³-hybridized carbons (Fsp3) is 1.00. The van der Waals surface area contributed by atoms with Gasteiger partial charge in [0.1, 0.15) is 0 Å². The molecule has 0 aromatic heterocycles. The second kappa shape index (κ2) is 3.38. The number of rotatable bonds is 2. The average molecular weight is 150 g/mol. The minimum absolute atomic E-state index is 0.166. The maximum Gasteiger partial charge on any atom is 0.196 e. The Bertz CT molecular complexity index is 104. The van der Waals surface area contributed by atoms with Gasteiger partial charge in [0.25, 0.3) is 0 Å². The van der Waals surface area contributed by atoms with Crippen LogP contribution < -0.4 is 0 Å². The van der Waals surface area contributed by atoms with Crippen molar-refractivity contribution < 1.29 is 9.09 Å². The highest BCUT2D eigenvalue weighted by Crippen LogP contribution is 2.38. The van der Waals surface area contributed by atoms with E-state index in [9.17, 15) is 4.57 Å². The van der Waals surface area contributed by atoms with E-state index in [1.807, 2.05) is 27.7 Å². The van der Waals surface area contributed by atoms with Gasteiger partial charge < -0.3 is 4.52 Å². The molecule has 0 bridgehead atoms. The predicted octanol–water partition coefficient (Wildman–Crippen LogP) is 2.30. The standard InChI is InChI=1S/C6H15O2P/c1-5-8-9(7)6(2,3)4/h9H,5H2,1-4H3. The van der Waals surface area contributed by atoms with Crippen LogP contribution in [0.1, 0.15) is 27.7 Å². The first-order chi connectivity index (χ1) is 3.98. The van der Waals surface area contributed by atoms with Gasteiger partial charge in [-0.1, -0.05) is 20.8 Å². The van der Waals surface area contributed by atoms with Gasteiger partial charge in [-0.3, -0.25) is 4.57 Å². The van der Waals surface area contributed by atoms with Gasteiger partial charge in [-0.05, 0) is 6.92 Å². The van der Waals surface area contributed by atoms with Crippen LogP contribution in [0.25, 0.3) is 0 Å². The lowest BCUT2D eigenvalue weighted by molar-refractivity contribution is 0.335. The normalized spacial score (nSPS) is 15.6. The summed E-state index contributed by atoms with van der Waals surface area (Å²) in [4.78, 5) is 0. The quantitative estimate of drug-likeness (QED) is 0.564. The molecule has 0 spiro atoms. The first kappa shape index (κ1) is 9.19. The second-order valence-electron chi connectivity index (χ2n) is 2.97. The minimum atomic E-state index is -1.81. The molecular formula is C6H15O2P. The van der Waals surface area contributed by atoms with Crippen molar-refractivity contribution in [1.82, 2.24) is 0 Å². The van der Waals surface area contributed by atoms with Gasteiger partial charge in [0, 0.05) is 5.16 Å². The highest BCUT2D eigenvalue weighted by atomic mass is 31.1. The van der Waals surface area contributed by atoms with Crippen molar-refractivity contribution in [3.05, 3.63) is 0 Å². The number of hydrogen-bond acceptors (Lipinski definition) is 2. The van der Waals surface area contributed by atoms with E-state index in [0.717, 1.165) is 0 Å². The zero-order valence-electron chi connectivity index (χ0n) is 6.52. The lowest BCUT2D eigenvalue weighted by atomic mass is 10.3. The first-order valence-electron chi connectivity index (χ1n) is 3.15. The summed E-state index contributed by atoms with van der Waals surface area (Å²) in [6, 6.07) is 0. The first-order valence-corrected chi connectivity index (χ1v) is 4.47. The molecule has 0 radical (unpaired) electrons. The van der Waals surface area contributed by atoms with Crippen LogP contribution in [0.15, 0.2) is 0 Å². The Balaban J connectivity index is 3.74. The molecule has 0 aliphatic carbocycles. The molecule has 0 aromatic carbocycles. The SMILES string of the molecule is CCO[PH](=O)C(C)(C)C. The summed E-state index contributed by atoms with van der Waals surface area (Å²) in [7, 11) is -1.81. The third-order valence-corrected chi connectivity index (χ3v) is 2.66. The summed E-state index contributed by atoms with van der Waals surface area (Å²) < 4.78 is 16.0. The Kier molecular flexibility index (Phi) is 3.45. The molecule has 1 atom stereocenters. The lowest BCUT2D eigenvalue weighted by Gasteiger charge is -2.16. The van der Waals surface area contributed by atoms with E-state index in [-0.39, 0.29) is 5.16 Å². The monoisotopic (exact) mass is 150 g/mol. The van der Waals surface area contributed by atoms with Crippen LogP contribution in [0, 0.1) is 0 Å². The maximum absolute atomic E-state index is 11.0. The maximum atomic E-state index is 11.0. The summed E-state index contributed by atoms with van der Waals surface area (Å²) >= 11 is 0. The Morgan fingerprint density at radius 3 is 2.00 bits per heavy atom. The highest BCUT2D eigenvalue weighted by Gasteiger charge is 2.18. The molecule has 2 nitrogen and oxygen atoms in total. The Morgan fingerprint density at radius 1 is 1.44 bits per heavy atom. The summed E-state index contributed by atoms with van der Waals surface area (Å²) in [5.74, 6) is 0. The molecule has 0 rings (SSSR count). The topological polar surface area (TPSA) is 26.3 Å². The van der Waals surface area contributed by atoms with Crippen LogP contribution in [-0.4, -0.2) is 11.8 Å². The fourth-order valence-electron chi connectivity index (χ4n) is 0.348. The Hall–Kier alpha value is 0.190. The van der Waals surface area contributed by atoms with Gasteiger partial charge in [0.2, 0.25) is 0 Å². The van der Waals surface area contributed by atoms with Crippen molar-refractivity contribution in [2.45, 2.75) is 32.9 Å². The second-order valence-corrected chi connectivity index (χ2v) is 5.33. The van der Waals surface area contributed by atoms with E-state index < -0.39 is 8.03 Å². The van der Waals surface area contributed by atoms with E-state index in [4.69, 9.17) is 4.52 Å². The van der Waals surface area contributed by atoms with Gasteiger partial charge in [0.15, 0.2) is 8.03 Å². The van der Waals surface area contributed by atoms with Crippen molar-refractivity contribution in [3.63, 3.8) is 0 Å². The van der Waals surface area contributed by atoms with Gasteiger partial charge in [0.05, 0.1) is 6.61 Å². The molecule has 1 unspecified atom stereocenters. The van der Waals surface area contributed by atoms with Crippen LogP contribution in [-0.2, 0) is 9.09 Å². The summed E-state index contributed by atoms with van der Waals surface area (Å²) in [6.07, 6.45) is 0.